The van der Waals surface area contributed by atoms with E-state index in [1.807, 2.05) is 0 Å². The summed E-state index contributed by atoms with van der Waals surface area (Å²) in [5.41, 5.74) is 4.05. The van der Waals surface area contributed by atoms with Crippen LogP contribution in [0.25, 0.3) is 0 Å². The minimum Gasteiger partial charge on any atom is -0.481 e. The molecule has 90 valence electrons. The van der Waals surface area contributed by atoms with Crippen LogP contribution in [0.15, 0.2) is 18.2 Å². The number of hydrogen-bond acceptors (Lipinski definition) is 2. The van der Waals surface area contributed by atoms with Crippen LogP contribution in [0, 0.1) is 11.8 Å². The molecule has 1 aromatic carbocycles. The lowest BCUT2D eigenvalue weighted by atomic mass is 10.0. The van der Waals surface area contributed by atoms with Crippen molar-refractivity contribution in [2.45, 2.75) is 19.3 Å². The van der Waals surface area contributed by atoms with Gasteiger partial charge in [0.2, 0.25) is 0 Å². The van der Waals surface area contributed by atoms with Crippen LogP contribution in [0.3, 0.4) is 0 Å². The zero-order valence-corrected chi connectivity index (χ0v) is 10.0. The van der Waals surface area contributed by atoms with Crippen molar-refractivity contribution in [2.75, 3.05) is 18.5 Å². The molecule has 2 aliphatic rings. The van der Waals surface area contributed by atoms with Gasteiger partial charge in [-0.05, 0) is 42.4 Å². The number of carboxylic acids is 1. The molecule has 3 nitrogen and oxygen atoms in total. The van der Waals surface area contributed by atoms with Crippen molar-refractivity contribution in [1.29, 1.82) is 0 Å². The number of nitrogens with zero attached hydrogens (tertiary/aromatic N) is 1. The molecule has 1 saturated carbocycles. The van der Waals surface area contributed by atoms with Crippen LogP contribution >= 0.6 is 0 Å². The number of anilines is 1. The second-order valence-electron chi connectivity index (χ2n) is 5.28. The van der Waals surface area contributed by atoms with Crippen molar-refractivity contribution in [3.05, 3.63) is 29.3 Å². The van der Waals surface area contributed by atoms with E-state index in [1.54, 1.807) is 0 Å². The first kappa shape index (κ1) is 10.6. The van der Waals surface area contributed by atoms with Crippen molar-refractivity contribution < 1.29 is 9.90 Å². The van der Waals surface area contributed by atoms with Crippen LogP contribution in [0.2, 0.25) is 0 Å². The van der Waals surface area contributed by atoms with Crippen molar-refractivity contribution in [3.8, 4) is 0 Å². The van der Waals surface area contributed by atoms with Gasteiger partial charge in [-0.1, -0.05) is 12.1 Å². The highest BCUT2D eigenvalue weighted by molar-refractivity contribution is 5.73. The fourth-order valence-corrected chi connectivity index (χ4v) is 2.83. The predicted molar refractivity (Wildman–Crippen MR) is 66.4 cm³/mol. The van der Waals surface area contributed by atoms with E-state index in [2.05, 4.69) is 30.1 Å². The largest absolute Gasteiger partial charge is 0.481 e. The molecule has 0 bridgehead atoms. The molecule has 2 unspecified atom stereocenters. The highest BCUT2D eigenvalue weighted by atomic mass is 16.4. The van der Waals surface area contributed by atoms with Crippen molar-refractivity contribution in [3.63, 3.8) is 0 Å². The highest BCUT2D eigenvalue weighted by Crippen LogP contribution is 2.41. The number of carbonyl (C=O) groups is 1. The fraction of sp³-hybridized carbons (Fsp3) is 0.500. The summed E-state index contributed by atoms with van der Waals surface area (Å²) in [7, 11) is 2.12. The van der Waals surface area contributed by atoms with Gasteiger partial charge in [-0.3, -0.25) is 4.79 Å². The molecule has 17 heavy (non-hydrogen) atoms. The minimum absolute atomic E-state index is 0.0917. The van der Waals surface area contributed by atoms with E-state index >= 15 is 0 Å². The molecule has 0 aromatic heterocycles. The average molecular weight is 231 g/mol. The lowest BCUT2D eigenvalue weighted by molar-refractivity contribution is -0.138. The third-order valence-corrected chi connectivity index (χ3v) is 4.01. The van der Waals surface area contributed by atoms with Gasteiger partial charge in [0.05, 0.1) is 5.92 Å². The smallest absolute Gasteiger partial charge is 0.306 e. The molecule has 0 amide bonds. The Kier molecular flexibility index (Phi) is 2.35. The number of rotatable bonds is 3. The van der Waals surface area contributed by atoms with Crippen molar-refractivity contribution >= 4 is 11.7 Å². The van der Waals surface area contributed by atoms with Gasteiger partial charge in [-0.15, -0.1) is 0 Å². The number of carboxylic acid groups (broad SMARTS) is 1. The topological polar surface area (TPSA) is 40.5 Å². The normalized spacial score (nSPS) is 25.8. The first-order valence-corrected chi connectivity index (χ1v) is 6.21. The lowest BCUT2D eigenvalue weighted by Gasteiger charge is -2.12. The Hall–Kier alpha value is -1.51. The number of fused-ring (bicyclic) bond motifs is 1. The second kappa shape index (κ2) is 3.76. The molecule has 1 fully saturated rings. The standard InChI is InChI=1S/C14H17NO2/c1-15-5-4-10-6-9(2-3-13(10)15)7-11-8-12(11)14(16)17/h2-3,6,11-12H,4-5,7-8H2,1H3,(H,16,17). The third-order valence-electron chi connectivity index (χ3n) is 4.01. The Bertz CT molecular complexity index is 469. The molecule has 0 saturated heterocycles. The molecule has 1 heterocycles. The molecule has 1 aromatic rings. The first-order valence-electron chi connectivity index (χ1n) is 6.21. The summed E-state index contributed by atoms with van der Waals surface area (Å²) in [6.07, 6.45) is 2.90. The average Bonchev–Trinajstić information content (AvgIpc) is 2.97. The molecule has 3 heteroatoms. The van der Waals surface area contributed by atoms with Crippen molar-refractivity contribution in [1.82, 2.24) is 0 Å². The molecular weight excluding hydrogens is 214 g/mol. The van der Waals surface area contributed by atoms with E-state index in [0.29, 0.717) is 5.92 Å². The van der Waals surface area contributed by atoms with Crippen LogP contribution < -0.4 is 4.90 Å². The van der Waals surface area contributed by atoms with Gasteiger partial charge in [0, 0.05) is 19.3 Å². The van der Waals surface area contributed by atoms with E-state index < -0.39 is 5.97 Å². The molecule has 2 atom stereocenters. The van der Waals surface area contributed by atoms with E-state index in [1.165, 1.54) is 16.8 Å². The molecule has 3 rings (SSSR count). The number of likely N-dealkylation sites (N-methyl/N-ethyl adjacent to an activating group) is 1. The first-order chi connectivity index (χ1) is 8.15. The van der Waals surface area contributed by atoms with Crippen LogP contribution in [-0.4, -0.2) is 24.7 Å². The zero-order valence-electron chi connectivity index (χ0n) is 10.0. The van der Waals surface area contributed by atoms with E-state index in [9.17, 15) is 4.79 Å². The molecular formula is C14H17NO2. The summed E-state index contributed by atoms with van der Waals surface area (Å²) in [5, 5.41) is 8.88. The van der Waals surface area contributed by atoms with Crippen LogP contribution in [0.5, 0.6) is 0 Å². The lowest BCUT2D eigenvalue weighted by Crippen LogP contribution is -2.12. The van der Waals surface area contributed by atoms with E-state index in [-0.39, 0.29) is 5.92 Å². The van der Waals surface area contributed by atoms with Crippen LogP contribution in [-0.2, 0) is 17.6 Å². The van der Waals surface area contributed by atoms with Gasteiger partial charge < -0.3 is 10.0 Å². The summed E-state index contributed by atoms with van der Waals surface area (Å²) in [4.78, 5) is 13.1. The van der Waals surface area contributed by atoms with Gasteiger partial charge in [-0.2, -0.15) is 0 Å². The molecule has 1 aliphatic carbocycles. The Labute approximate surface area is 101 Å². The minimum atomic E-state index is -0.629. The molecule has 0 radical (unpaired) electrons. The van der Waals surface area contributed by atoms with E-state index in [0.717, 1.165) is 25.8 Å². The molecule has 1 aliphatic heterocycles. The van der Waals surface area contributed by atoms with Gasteiger partial charge in [-0.25, -0.2) is 0 Å². The summed E-state index contributed by atoms with van der Waals surface area (Å²) in [6, 6.07) is 6.59. The monoisotopic (exact) mass is 231 g/mol. The Balaban J connectivity index is 1.72. The van der Waals surface area contributed by atoms with Gasteiger partial charge in [0.15, 0.2) is 0 Å². The van der Waals surface area contributed by atoms with Gasteiger partial charge in [0.1, 0.15) is 0 Å². The van der Waals surface area contributed by atoms with Gasteiger partial charge >= 0.3 is 5.97 Å². The summed E-state index contributed by atoms with van der Waals surface area (Å²) >= 11 is 0. The summed E-state index contributed by atoms with van der Waals surface area (Å²) < 4.78 is 0. The van der Waals surface area contributed by atoms with Crippen LogP contribution in [0.1, 0.15) is 17.5 Å². The molecule has 1 N–H and O–H groups in total. The third kappa shape index (κ3) is 1.90. The number of aliphatic carboxylic acids is 1. The predicted octanol–water partition coefficient (Wildman–Crippen LogP) is 1.94. The maximum Gasteiger partial charge on any atom is 0.306 e. The number of hydrogen-bond donors (Lipinski definition) is 1. The summed E-state index contributed by atoms with van der Waals surface area (Å²) in [5.74, 6) is -0.355. The highest BCUT2D eigenvalue weighted by Gasteiger charge is 2.42. The van der Waals surface area contributed by atoms with E-state index in [4.69, 9.17) is 5.11 Å². The maximum absolute atomic E-state index is 10.8. The van der Waals surface area contributed by atoms with Crippen LogP contribution in [0.4, 0.5) is 5.69 Å². The Morgan fingerprint density at radius 3 is 3.06 bits per heavy atom. The van der Waals surface area contributed by atoms with Gasteiger partial charge in [0.25, 0.3) is 0 Å². The number of benzene rings is 1. The quantitative estimate of drug-likeness (QED) is 0.864. The zero-order chi connectivity index (χ0) is 12.0. The Morgan fingerprint density at radius 2 is 2.35 bits per heavy atom. The SMILES string of the molecule is CN1CCc2cc(CC3CC3C(=O)O)ccc21. The Morgan fingerprint density at radius 1 is 1.53 bits per heavy atom. The summed E-state index contributed by atoms with van der Waals surface area (Å²) in [6.45, 7) is 1.10. The second-order valence-corrected chi connectivity index (χ2v) is 5.28. The van der Waals surface area contributed by atoms with Crippen molar-refractivity contribution in [2.24, 2.45) is 11.8 Å². The fourth-order valence-electron chi connectivity index (χ4n) is 2.83. The molecule has 0 spiro atoms. The maximum atomic E-state index is 10.8.